The number of carbonyl (C=O) groups is 2. The average Bonchev–Trinajstić information content (AvgIpc) is 2.57. The van der Waals surface area contributed by atoms with Crippen LogP contribution in [0.3, 0.4) is 0 Å². The van der Waals surface area contributed by atoms with Crippen LogP contribution in [0.25, 0.3) is 0 Å². The van der Waals surface area contributed by atoms with E-state index in [2.05, 4.69) is 10.0 Å². The summed E-state index contributed by atoms with van der Waals surface area (Å²) in [4.78, 5) is 21.8. The molecule has 8 heteroatoms. The fourth-order valence-electron chi connectivity index (χ4n) is 2.21. The Labute approximate surface area is 151 Å². The summed E-state index contributed by atoms with van der Waals surface area (Å²) in [5.41, 5.74) is 2.45. The topological polar surface area (TPSA) is 115 Å². The molecule has 0 bridgehead atoms. The standard InChI is InChI=1S/C18H18N2O5S/c1-12-4-3-5-13(2)18(12)20-26(24,25)15-8-6-14(7-9-15)19-16(21)10-11-17(22)23/h3-11,20H,1-2H3,(H,19,21)(H,22,23)/p-1/b11-10+. The van der Waals surface area contributed by atoms with Gasteiger partial charge in [-0.2, -0.15) is 0 Å². The molecule has 26 heavy (non-hydrogen) atoms. The fourth-order valence-corrected chi connectivity index (χ4v) is 3.42. The molecule has 0 aliphatic rings. The van der Waals surface area contributed by atoms with Gasteiger partial charge in [-0.05, 0) is 55.3 Å². The monoisotopic (exact) mass is 373 g/mol. The number of hydrogen-bond acceptors (Lipinski definition) is 5. The van der Waals surface area contributed by atoms with Crippen LogP contribution in [0.1, 0.15) is 11.1 Å². The van der Waals surface area contributed by atoms with Crippen LogP contribution in [0.15, 0.2) is 59.5 Å². The highest BCUT2D eigenvalue weighted by atomic mass is 32.2. The van der Waals surface area contributed by atoms with Crippen LogP contribution in [-0.2, 0) is 19.6 Å². The van der Waals surface area contributed by atoms with Crippen LogP contribution >= 0.6 is 0 Å². The first-order chi connectivity index (χ1) is 12.2. The zero-order valence-electron chi connectivity index (χ0n) is 14.1. The van der Waals surface area contributed by atoms with Crippen LogP contribution in [0.5, 0.6) is 0 Å². The van der Waals surface area contributed by atoms with Gasteiger partial charge in [0.15, 0.2) is 0 Å². The largest absolute Gasteiger partial charge is 0.545 e. The number of aryl methyl sites for hydroxylation is 2. The van der Waals surface area contributed by atoms with Crippen LogP contribution < -0.4 is 15.1 Å². The predicted molar refractivity (Wildman–Crippen MR) is 95.9 cm³/mol. The molecule has 0 heterocycles. The number of carbonyl (C=O) groups excluding carboxylic acids is 2. The van der Waals surface area contributed by atoms with Crippen LogP contribution in [0.4, 0.5) is 11.4 Å². The maximum absolute atomic E-state index is 12.5. The van der Waals surface area contributed by atoms with Crippen LogP contribution in [0, 0.1) is 13.8 Å². The van der Waals surface area contributed by atoms with Gasteiger partial charge in [-0.15, -0.1) is 0 Å². The zero-order chi connectivity index (χ0) is 19.3. The molecule has 0 unspecified atom stereocenters. The van der Waals surface area contributed by atoms with Crippen molar-refractivity contribution in [3.05, 3.63) is 65.7 Å². The summed E-state index contributed by atoms with van der Waals surface area (Å²) in [5, 5.41) is 12.7. The van der Waals surface area contributed by atoms with Crippen molar-refractivity contribution in [2.75, 3.05) is 10.0 Å². The van der Waals surface area contributed by atoms with E-state index in [0.29, 0.717) is 17.5 Å². The lowest BCUT2D eigenvalue weighted by Gasteiger charge is -2.13. The summed E-state index contributed by atoms with van der Waals surface area (Å²) in [5.74, 6) is -2.15. The second-order valence-corrected chi connectivity index (χ2v) is 7.22. The van der Waals surface area contributed by atoms with Gasteiger partial charge >= 0.3 is 0 Å². The highest BCUT2D eigenvalue weighted by Crippen LogP contribution is 2.24. The van der Waals surface area contributed by atoms with E-state index in [4.69, 9.17) is 0 Å². The van der Waals surface area contributed by atoms with Gasteiger partial charge in [-0.3, -0.25) is 9.52 Å². The Morgan fingerprint density at radius 2 is 1.54 bits per heavy atom. The third-order valence-corrected chi connectivity index (χ3v) is 4.89. The lowest BCUT2D eigenvalue weighted by molar-refractivity contribution is -0.297. The Morgan fingerprint density at radius 3 is 2.08 bits per heavy atom. The number of rotatable bonds is 6. The second-order valence-electron chi connectivity index (χ2n) is 5.54. The van der Waals surface area contributed by atoms with Crippen molar-refractivity contribution in [3.8, 4) is 0 Å². The van der Waals surface area contributed by atoms with Gasteiger partial charge < -0.3 is 15.2 Å². The molecule has 0 fully saturated rings. The minimum atomic E-state index is -3.79. The van der Waals surface area contributed by atoms with E-state index in [0.717, 1.165) is 17.2 Å². The molecule has 2 aromatic rings. The summed E-state index contributed by atoms with van der Waals surface area (Å²) in [6.07, 6.45) is 1.41. The number of benzene rings is 2. The number of carboxylic acids is 1. The molecule has 0 aliphatic carbocycles. The molecule has 136 valence electrons. The van der Waals surface area contributed by atoms with E-state index >= 15 is 0 Å². The first-order valence-corrected chi connectivity index (χ1v) is 9.06. The number of amides is 1. The smallest absolute Gasteiger partial charge is 0.261 e. The average molecular weight is 373 g/mol. The van der Waals surface area contributed by atoms with Crippen molar-refractivity contribution in [1.29, 1.82) is 0 Å². The van der Waals surface area contributed by atoms with Gasteiger partial charge in [-0.25, -0.2) is 8.42 Å². The van der Waals surface area contributed by atoms with E-state index in [-0.39, 0.29) is 4.90 Å². The summed E-state index contributed by atoms with van der Waals surface area (Å²) in [7, 11) is -3.79. The van der Waals surface area contributed by atoms with Crippen LogP contribution in [0.2, 0.25) is 0 Å². The molecular weight excluding hydrogens is 356 g/mol. The van der Waals surface area contributed by atoms with E-state index in [9.17, 15) is 23.1 Å². The predicted octanol–water partition coefficient (Wildman–Crippen LogP) is 1.35. The molecule has 0 aromatic heterocycles. The highest BCUT2D eigenvalue weighted by Gasteiger charge is 2.16. The molecule has 1 amide bonds. The molecule has 0 saturated heterocycles. The minimum Gasteiger partial charge on any atom is -0.545 e. The van der Waals surface area contributed by atoms with E-state index in [1.165, 1.54) is 24.3 Å². The maximum Gasteiger partial charge on any atom is 0.261 e. The first kappa shape index (κ1) is 19.2. The van der Waals surface area contributed by atoms with Crippen molar-refractivity contribution in [1.82, 2.24) is 0 Å². The molecule has 0 aliphatic heterocycles. The fraction of sp³-hybridized carbons (Fsp3) is 0.111. The Morgan fingerprint density at radius 1 is 0.962 bits per heavy atom. The van der Waals surface area contributed by atoms with Gasteiger partial charge in [0.2, 0.25) is 5.91 Å². The van der Waals surface area contributed by atoms with Crippen molar-refractivity contribution in [2.24, 2.45) is 0 Å². The van der Waals surface area contributed by atoms with E-state index < -0.39 is 21.9 Å². The summed E-state index contributed by atoms with van der Waals surface area (Å²) >= 11 is 0. The van der Waals surface area contributed by atoms with Crippen molar-refractivity contribution in [2.45, 2.75) is 18.7 Å². The molecule has 2 rings (SSSR count). The van der Waals surface area contributed by atoms with Crippen molar-refractivity contribution < 1.29 is 23.1 Å². The summed E-state index contributed by atoms with van der Waals surface area (Å²) in [6, 6.07) is 11.0. The van der Waals surface area contributed by atoms with Gasteiger partial charge in [0.05, 0.1) is 16.6 Å². The molecule has 0 radical (unpaired) electrons. The third kappa shape index (κ3) is 4.93. The number of aliphatic carboxylic acids is 1. The lowest BCUT2D eigenvalue weighted by atomic mass is 10.1. The maximum atomic E-state index is 12.5. The number of carboxylic acid groups (broad SMARTS) is 1. The third-order valence-electron chi connectivity index (χ3n) is 3.52. The van der Waals surface area contributed by atoms with Gasteiger partial charge in [0.1, 0.15) is 0 Å². The summed E-state index contributed by atoms with van der Waals surface area (Å²) < 4.78 is 27.6. The molecule has 0 spiro atoms. The van der Waals surface area contributed by atoms with Gasteiger partial charge in [-0.1, -0.05) is 18.2 Å². The molecule has 7 nitrogen and oxygen atoms in total. The minimum absolute atomic E-state index is 0.0310. The van der Waals surface area contributed by atoms with E-state index in [1.807, 2.05) is 32.0 Å². The van der Waals surface area contributed by atoms with Gasteiger partial charge in [0, 0.05) is 11.8 Å². The quantitative estimate of drug-likeness (QED) is 0.742. The zero-order valence-corrected chi connectivity index (χ0v) is 15.0. The Kier molecular flexibility index (Phi) is 5.78. The molecular formula is C18H17N2O5S-. The number of sulfonamides is 1. The number of nitrogens with one attached hydrogen (secondary N) is 2. The highest BCUT2D eigenvalue weighted by molar-refractivity contribution is 7.92. The van der Waals surface area contributed by atoms with Crippen molar-refractivity contribution in [3.63, 3.8) is 0 Å². The van der Waals surface area contributed by atoms with Gasteiger partial charge in [0.25, 0.3) is 10.0 Å². The first-order valence-electron chi connectivity index (χ1n) is 7.58. The number of para-hydroxylation sites is 1. The second kappa shape index (κ2) is 7.83. The summed E-state index contributed by atoms with van der Waals surface area (Å²) in [6.45, 7) is 3.62. The molecule has 0 saturated carbocycles. The number of anilines is 2. The van der Waals surface area contributed by atoms with E-state index in [1.54, 1.807) is 0 Å². The lowest BCUT2D eigenvalue weighted by Crippen LogP contribution is -2.20. The molecule has 2 aromatic carbocycles. The SMILES string of the molecule is Cc1cccc(C)c1NS(=O)(=O)c1ccc(NC(=O)/C=C/C(=O)[O-])cc1. The molecule has 0 atom stereocenters. The number of hydrogen-bond donors (Lipinski definition) is 2. The Hall–Kier alpha value is -3.13. The Balaban J connectivity index is 2.16. The van der Waals surface area contributed by atoms with Crippen molar-refractivity contribution >= 4 is 33.3 Å². The Bertz CT molecular complexity index is 943. The van der Waals surface area contributed by atoms with Crippen LogP contribution in [-0.4, -0.2) is 20.3 Å². The normalized spacial score (nSPS) is 11.3. The molecule has 2 N–H and O–H groups in total.